The minimum atomic E-state index is -0.788. The molecule has 1 N–H and O–H groups in total. The van der Waals surface area contributed by atoms with Crippen molar-refractivity contribution in [2.24, 2.45) is 5.41 Å². The zero-order chi connectivity index (χ0) is 19.9. The third-order valence-electron chi connectivity index (χ3n) is 4.78. The highest BCUT2D eigenvalue weighted by molar-refractivity contribution is 6.17. The maximum absolute atomic E-state index is 13.0. The maximum Gasteiger partial charge on any atom is 0.294 e. The first kappa shape index (κ1) is 19.0. The number of ketones is 1. The van der Waals surface area contributed by atoms with Gasteiger partial charge in [0, 0.05) is 11.1 Å². The zero-order valence-electron chi connectivity index (χ0n) is 16.3. The first-order valence-corrected chi connectivity index (χ1v) is 9.07. The van der Waals surface area contributed by atoms with Crippen LogP contribution in [-0.4, -0.2) is 16.8 Å². The molecule has 0 saturated carbocycles. The third-order valence-corrected chi connectivity index (χ3v) is 4.78. The molecule has 0 fully saturated rings. The molecule has 1 unspecified atom stereocenters. The molecule has 5 nitrogen and oxygen atoms in total. The largest absolute Gasteiger partial charge is 0.503 e. The zero-order valence-corrected chi connectivity index (χ0v) is 16.3. The van der Waals surface area contributed by atoms with Crippen molar-refractivity contribution in [3.8, 4) is 0 Å². The van der Waals surface area contributed by atoms with Crippen molar-refractivity contribution in [3.05, 3.63) is 65.3 Å². The summed E-state index contributed by atoms with van der Waals surface area (Å²) in [5.74, 6) is -0.590. The van der Waals surface area contributed by atoms with Gasteiger partial charge in [-0.25, -0.2) is 0 Å². The summed E-state index contributed by atoms with van der Waals surface area (Å²) in [6, 6.07) is 10.2. The summed E-state index contributed by atoms with van der Waals surface area (Å²) in [6.07, 6.45) is 1.49. The van der Waals surface area contributed by atoms with Crippen LogP contribution in [0.5, 0.6) is 0 Å². The highest BCUT2D eigenvalue weighted by Gasteiger charge is 2.47. The van der Waals surface area contributed by atoms with Gasteiger partial charge in [-0.3, -0.25) is 14.5 Å². The standard InChI is InChI=1S/C22H25NO4/c1-13(2)14-8-10-15(11-9-14)23-18(16-7-6-12-27-16)17(19(24)21(23)26)20(25)22(3,4)5/h6-13,18,24H,1-5H3. The third kappa shape index (κ3) is 3.29. The summed E-state index contributed by atoms with van der Waals surface area (Å²) in [6.45, 7) is 9.47. The van der Waals surface area contributed by atoms with E-state index in [0.717, 1.165) is 5.56 Å². The summed E-state index contributed by atoms with van der Waals surface area (Å²) in [5, 5.41) is 10.6. The molecular formula is C22H25NO4. The molecule has 2 aromatic rings. The predicted molar refractivity (Wildman–Crippen MR) is 104 cm³/mol. The van der Waals surface area contributed by atoms with E-state index in [4.69, 9.17) is 4.42 Å². The van der Waals surface area contributed by atoms with Crippen LogP contribution < -0.4 is 4.90 Å². The molecule has 27 heavy (non-hydrogen) atoms. The van der Waals surface area contributed by atoms with Gasteiger partial charge in [0.05, 0.1) is 11.8 Å². The Bertz CT molecular complexity index is 883. The Morgan fingerprint density at radius 3 is 2.26 bits per heavy atom. The highest BCUT2D eigenvalue weighted by Crippen LogP contribution is 2.43. The first-order valence-electron chi connectivity index (χ1n) is 9.07. The van der Waals surface area contributed by atoms with Crippen LogP contribution in [0.4, 0.5) is 5.69 Å². The lowest BCUT2D eigenvalue weighted by Gasteiger charge is -2.27. The molecule has 2 heterocycles. The molecule has 1 atom stereocenters. The highest BCUT2D eigenvalue weighted by atomic mass is 16.3. The van der Waals surface area contributed by atoms with Crippen LogP contribution in [0, 0.1) is 5.41 Å². The number of carbonyl (C=O) groups excluding carboxylic acids is 2. The van der Waals surface area contributed by atoms with Gasteiger partial charge in [-0.15, -0.1) is 0 Å². The van der Waals surface area contributed by atoms with Crippen LogP contribution >= 0.6 is 0 Å². The number of aliphatic hydroxyl groups is 1. The number of Topliss-reactive ketones (excluding diaryl/α,β-unsaturated/α-hetero) is 1. The van der Waals surface area contributed by atoms with Crippen molar-refractivity contribution in [2.45, 2.75) is 46.6 Å². The van der Waals surface area contributed by atoms with E-state index in [-0.39, 0.29) is 11.4 Å². The van der Waals surface area contributed by atoms with E-state index in [1.807, 2.05) is 24.3 Å². The van der Waals surface area contributed by atoms with Crippen molar-refractivity contribution in [2.75, 3.05) is 4.90 Å². The van der Waals surface area contributed by atoms with Gasteiger partial charge < -0.3 is 9.52 Å². The van der Waals surface area contributed by atoms with E-state index < -0.39 is 23.1 Å². The SMILES string of the molecule is CC(C)c1ccc(N2C(=O)C(O)=C(C(=O)C(C)(C)C)C2c2ccco2)cc1. The second-order valence-electron chi connectivity index (χ2n) is 8.18. The Labute approximate surface area is 159 Å². The summed E-state index contributed by atoms with van der Waals surface area (Å²) in [7, 11) is 0. The Balaban J connectivity index is 2.12. The van der Waals surface area contributed by atoms with Crippen molar-refractivity contribution >= 4 is 17.4 Å². The van der Waals surface area contributed by atoms with Gasteiger partial charge >= 0.3 is 0 Å². The van der Waals surface area contributed by atoms with Crippen LogP contribution in [0.1, 0.15) is 57.9 Å². The molecule has 0 aliphatic carbocycles. The van der Waals surface area contributed by atoms with E-state index in [0.29, 0.717) is 17.4 Å². The number of rotatable bonds is 4. The molecule has 1 aromatic carbocycles. The monoisotopic (exact) mass is 367 g/mol. The number of furan rings is 1. The fourth-order valence-electron chi connectivity index (χ4n) is 3.24. The van der Waals surface area contributed by atoms with Crippen molar-refractivity contribution in [1.82, 2.24) is 0 Å². The van der Waals surface area contributed by atoms with E-state index in [9.17, 15) is 14.7 Å². The average Bonchev–Trinajstić information content (AvgIpc) is 3.21. The number of amides is 1. The van der Waals surface area contributed by atoms with Crippen molar-refractivity contribution < 1.29 is 19.1 Å². The Kier molecular flexibility index (Phi) is 4.72. The Morgan fingerprint density at radius 2 is 1.78 bits per heavy atom. The lowest BCUT2D eigenvalue weighted by Crippen LogP contribution is -2.32. The average molecular weight is 367 g/mol. The Hall–Kier alpha value is -2.82. The number of anilines is 1. The minimum absolute atomic E-state index is 0.0791. The van der Waals surface area contributed by atoms with Crippen LogP contribution in [-0.2, 0) is 9.59 Å². The van der Waals surface area contributed by atoms with Crippen LogP contribution in [0.25, 0.3) is 0 Å². The molecule has 142 valence electrons. The number of aliphatic hydroxyl groups excluding tert-OH is 1. The second kappa shape index (κ2) is 6.72. The molecule has 3 rings (SSSR count). The minimum Gasteiger partial charge on any atom is -0.503 e. The summed E-state index contributed by atoms with van der Waals surface area (Å²) < 4.78 is 5.53. The fourth-order valence-corrected chi connectivity index (χ4v) is 3.24. The summed E-state index contributed by atoms with van der Waals surface area (Å²) in [5.41, 5.74) is 1.08. The fraction of sp³-hybridized carbons (Fsp3) is 0.364. The molecule has 0 bridgehead atoms. The second-order valence-corrected chi connectivity index (χ2v) is 8.18. The topological polar surface area (TPSA) is 70.8 Å². The van der Waals surface area contributed by atoms with Gasteiger partial charge in [0.1, 0.15) is 11.8 Å². The van der Waals surface area contributed by atoms with E-state index in [1.165, 1.54) is 11.2 Å². The van der Waals surface area contributed by atoms with Crippen LogP contribution in [0.15, 0.2) is 58.4 Å². The first-order chi connectivity index (χ1) is 12.6. The van der Waals surface area contributed by atoms with E-state index in [2.05, 4.69) is 13.8 Å². The lowest BCUT2D eigenvalue weighted by molar-refractivity contribution is -0.123. The van der Waals surface area contributed by atoms with Crippen LogP contribution in [0.3, 0.4) is 0 Å². The molecule has 1 aliphatic heterocycles. The number of carbonyl (C=O) groups is 2. The summed E-state index contributed by atoms with van der Waals surface area (Å²) >= 11 is 0. The predicted octanol–water partition coefficient (Wildman–Crippen LogP) is 4.92. The van der Waals surface area contributed by atoms with Gasteiger partial charge in [0.25, 0.3) is 5.91 Å². The molecular weight excluding hydrogens is 342 g/mol. The number of hydrogen-bond donors (Lipinski definition) is 1. The smallest absolute Gasteiger partial charge is 0.294 e. The van der Waals surface area contributed by atoms with Gasteiger partial charge in [0.15, 0.2) is 11.5 Å². The van der Waals surface area contributed by atoms with Gasteiger partial charge in [-0.1, -0.05) is 46.8 Å². The maximum atomic E-state index is 13.0. The summed E-state index contributed by atoms with van der Waals surface area (Å²) in [4.78, 5) is 27.3. The van der Waals surface area contributed by atoms with Crippen LogP contribution in [0.2, 0.25) is 0 Å². The van der Waals surface area contributed by atoms with Gasteiger partial charge in [0.2, 0.25) is 0 Å². The molecule has 1 aromatic heterocycles. The molecule has 1 amide bonds. The molecule has 1 aliphatic rings. The number of benzene rings is 1. The number of hydrogen-bond acceptors (Lipinski definition) is 4. The normalized spacial score (nSPS) is 17.9. The number of nitrogens with zero attached hydrogens (tertiary/aromatic N) is 1. The lowest BCUT2D eigenvalue weighted by atomic mass is 9.83. The van der Waals surface area contributed by atoms with Gasteiger partial charge in [-0.2, -0.15) is 0 Å². The van der Waals surface area contributed by atoms with E-state index in [1.54, 1.807) is 32.9 Å². The molecule has 5 heteroatoms. The van der Waals surface area contributed by atoms with Crippen molar-refractivity contribution in [3.63, 3.8) is 0 Å². The van der Waals surface area contributed by atoms with Gasteiger partial charge in [-0.05, 0) is 35.7 Å². The Morgan fingerprint density at radius 1 is 1.15 bits per heavy atom. The van der Waals surface area contributed by atoms with Crippen molar-refractivity contribution in [1.29, 1.82) is 0 Å². The molecule has 0 spiro atoms. The molecule has 0 radical (unpaired) electrons. The van der Waals surface area contributed by atoms with E-state index >= 15 is 0 Å². The quantitative estimate of drug-likeness (QED) is 0.833. The molecule has 0 saturated heterocycles.